The van der Waals surface area contributed by atoms with Crippen molar-refractivity contribution in [1.29, 1.82) is 0 Å². The van der Waals surface area contributed by atoms with Gasteiger partial charge in [-0.25, -0.2) is 0 Å². The van der Waals surface area contributed by atoms with E-state index in [1.54, 1.807) is 4.31 Å². The Hall–Kier alpha value is -0.170. The van der Waals surface area contributed by atoms with Crippen LogP contribution in [-0.2, 0) is 10.2 Å². The van der Waals surface area contributed by atoms with Crippen molar-refractivity contribution in [3.05, 3.63) is 0 Å². The van der Waals surface area contributed by atoms with E-state index in [0.717, 1.165) is 38.0 Å². The van der Waals surface area contributed by atoms with Gasteiger partial charge in [0, 0.05) is 25.2 Å². The second kappa shape index (κ2) is 6.52. The molecule has 1 aliphatic carbocycles. The van der Waals surface area contributed by atoms with Crippen molar-refractivity contribution in [3.8, 4) is 0 Å². The minimum Gasteiger partial charge on any atom is -0.329 e. The summed E-state index contributed by atoms with van der Waals surface area (Å²) in [6.45, 7) is 3.07. The molecule has 1 heterocycles. The van der Waals surface area contributed by atoms with E-state index in [1.165, 1.54) is 12.8 Å². The van der Waals surface area contributed by atoms with Crippen molar-refractivity contribution >= 4 is 10.2 Å². The molecule has 0 aromatic carbocycles. The highest BCUT2D eigenvalue weighted by Gasteiger charge is 2.34. The number of hydrogen-bond acceptors (Lipinski definition) is 3. The second-order valence-electron chi connectivity index (χ2n) is 5.90. The highest BCUT2D eigenvalue weighted by molar-refractivity contribution is 7.87. The van der Waals surface area contributed by atoms with Crippen LogP contribution in [0.4, 0.5) is 0 Å². The van der Waals surface area contributed by atoms with Gasteiger partial charge in [0.05, 0.1) is 0 Å². The lowest BCUT2D eigenvalue weighted by Gasteiger charge is -2.35. The summed E-state index contributed by atoms with van der Waals surface area (Å²) in [6.07, 6.45) is 7.26. The van der Waals surface area contributed by atoms with E-state index in [2.05, 4.69) is 4.72 Å². The van der Waals surface area contributed by atoms with Crippen molar-refractivity contribution in [3.63, 3.8) is 0 Å². The van der Waals surface area contributed by atoms with E-state index >= 15 is 0 Å². The first-order chi connectivity index (χ1) is 9.06. The Bertz CT molecular complexity index is 381. The second-order valence-corrected chi connectivity index (χ2v) is 7.56. The van der Waals surface area contributed by atoms with Crippen LogP contribution in [0.3, 0.4) is 0 Å². The number of nitrogens with one attached hydrogen (secondary N) is 1. The van der Waals surface area contributed by atoms with Crippen molar-refractivity contribution in [2.75, 3.05) is 13.1 Å². The van der Waals surface area contributed by atoms with Crippen molar-refractivity contribution < 1.29 is 8.42 Å². The van der Waals surface area contributed by atoms with Gasteiger partial charge < -0.3 is 5.73 Å². The molecule has 2 atom stereocenters. The maximum Gasteiger partial charge on any atom is 0.279 e. The van der Waals surface area contributed by atoms with Gasteiger partial charge in [0.25, 0.3) is 10.2 Å². The topological polar surface area (TPSA) is 75.4 Å². The van der Waals surface area contributed by atoms with E-state index in [4.69, 9.17) is 5.73 Å². The summed E-state index contributed by atoms with van der Waals surface area (Å²) in [6, 6.07) is 0.0579. The number of nitrogens with zero attached hydrogens (tertiary/aromatic N) is 1. The zero-order chi connectivity index (χ0) is 13.9. The van der Waals surface area contributed by atoms with Crippen molar-refractivity contribution in [2.24, 2.45) is 11.7 Å². The molecular formula is C13H27N3O2S. The monoisotopic (exact) mass is 289 g/mol. The van der Waals surface area contributed by atoms with Crippen LogP contribution in [0, 0.1) is 5.92 Å². The zero-order valence-corrected chi connectivity index (χ0v) is 12.7. The van der Waals surface area contributed by atoms with Gasteiger partial charge in [-0.2, -0.15) is 17.4 Å². The smallest absolute Gasteiger partial charge is 0.279 e. The van der Waals surface area contributed by atoms with Crippen molar-refractivity contribution in [1.82, 2.24) is 9.03 Å². The minimum atomic E-state index is -3.37. The largest absolute Gasteiger partial charge is 0.329 e. The summed E-state index contributed by atoms with van der Waals surface area (Å²) in [4.78, 5) is 0. The van der Waals surface area contributed by atoms with E-state index < -0.39 is 10.2 Å². The maximum atomic E-state index is 12.5. The number of piperidine rings is 1. The SMILES string of the molecule is CCC(CC1CC1)NS(=O)(=O)N1CCCCC1CN. The Morgan fingerprint density at radius 1 is 1.32 bits per heavy atom. The van der Waals surface area contributed by atoms with Gasteiger partial charge in [0.2, 0.25) is 0 Å². The van der Waals surface area contributed by atoms with Crippen LogP contribution in [0.25, 0.3) is 0 Å². The van der Waals surface area contributed by atoms with Crippen LogP contribution < -0.4 is 10.5 Å². The lowest BCUT2D eigenvalue weighted by Crippen LogP contribution is -2.53. The summed E-state index contributed by atoms with van der Waals surface area (Å²) < 4.78 is 29.5. The molecule has 0 spiro atoms. The summed E-state index contributed by atoms with van der Waals surface area (Å²) in [5.41, 5.74) is 5.71. The normalized spacial score (nSPS) is 27.4. The van der Waals surface area contributed by atoms with E-state index in [9.17, 15) is 8.42 Å². The highest BCUT2D eigenvalue weighted by Crippen LogP contribution is 2.34. The van der Waals surface area contributed by atoms with Crippen LogP contribution in [0.1, 0.15) is 51.9 Å². The Balaban J connectivity index is 1.98. The molecule has 2 fully saturated rings. The lowest BCUT2D eigenvalue weighted by molar-refractivity contribution is 0.252. The first-order valence-corrected chi connectivity index (χ1v) is 9.00. The third-order valence-electron chi connectivity index (χ3n) is 4.28. The third kappa shape index (κ3) is 4.15. The molecule has 112 valence electrons. The fourth-order valence-electron chi connectivity index (χ4n) is 2.86. The molecule has 2 aliphatic rings. The van der Waals surface area contributed by atoms with Gasteiger partial charge in [-0.3, -0.25) is 0 Å². The molecule has 1 saturated heterocycles. The van der Waals surface area contributed by atoms with Crippen LogP contribution >= 0.6 is 0 Å². The fourth-order valence-corrected chi connectivity index (χ4v) is 4.63. The highest BCUT2D eigenvalue weighted by atomic mass is 32.2. The predicted octanol–water partition coefficient (Wildman–Crippen LogP) is 1.21. The predicted molar refractivity (Wildman–Crippen MR) is 76.9 cm³/mol. The van der Waals surface area contributed by atoms with Gasteiger partial charge in [0.15, 0.2) is 0 Å². The average molecular weight is 289 g/mol. The zero-order valence-electron chi connectivity index (χ0n) is 11.8. The average Bonchev–Trinajstić information content (AvgIpc) is 3.21. The Morgan fingerprint density at radius 2 is 2.05 bits per heavy atom. The Kier molecular flexibility index (Phi) is 5.22. The number of nitrogens with two attached hydrogens (primary N) is 1. The van der Waals surface area contributed by atoms with Gasteiger partial charge in [-0.15, -0.1) is 0 Å². The standard InChI is InChI=1S/C13H27N3O2S/c1-2-12(9-11-6-7-11)15-19(17,18)16-8-4-3-5-13(16)10-14/h11-13,15H,2-10,14H2,1H3. The molecule has 1 aliphatic heterocycles. The van der Waals surface area contributed by atoms with Crippen LogP contribution in [0.2, 0.25) is 0 Å². The van der Waals surface area contributed by atoms with Crippen LogP contribution in [-0.4, -0.2) is 37.9 Å². The summed E-state index contributed by atoms with van der Waals surface area (Å²) in [5.74, 6) is 0.735. The quantitative estimate of drug-likeness (QED) is 0.740. The van der Waals surface area contributed by atoms with Crippen molar-refractivity contribution in [2.45, 2.75) is 64.0 Å². The van der Waals surface area contributed by atoms with Gasteiger partial charge >= 0.3 is 0 Å². The molecule has 0 amide bonds. The molecule has 0 aromatic rings. The van der Waals surface area contributed by atoms with Gasteiger partial charge in [0.1, 0.15) is 0 Å². The van der Waals surface area contributed by atoms with E-state index in [0.29, 0.717) is 13.1 Å². The third-order valence-corrected chi connectivity index (χ3v) is 6.01. The first kappa shape index (κ1) is 15.2. The van der Waals surface area contributed by atoms with E-state index in [1.807, 2.05) is 6.92 Å². The molecule has 0 aromatic heterocycles. The Labute approximate surface area is 117 Å². The van der Waals surface area contributed by atoms with Crippen LogP contribution in [0.5, 0.6) is 0 Å². The molecule has 19 heavy (non-hydrogen) atoms. The summed E-state index contributed by atoms with van der Waals surface area (Å²) >= 11 is 0. The summed E-state index contributed by atoms with van der Waals surface area (Å²) in [5, 5.41) is 0. The molecule has 0 bridgehead atoms. The minimum absolute atomic E-state index is 0.0234. The molecule has 3 N–H and O–H groups in total. The molecule has 2 rings (SSSR count). The summed E-state index contributed by atoms with van der Waals surface area (Å²) in [7, 11) is -3.37. The lowest BCUT2D eigenvalue weighted by atomic mass is 10.1. The number of rotatable bonds is 7. The number of hydrogen-bond donors (Lipinski definition) is 2. The molecule has 6 heteroatoms. The Morgan fingerprint density at radius 3 is 2.63 bits per heavy atom. The maximum absolute atomic E-state index is 12.5. The fraction of sp³-hybridized carbons (Fsp3) is 1.00. The van der Waals surface area contributed by atoms with Gasteiger partial charge in [-0.05, 0) is 31.6 Å². The molecule has 1 saturated carbocycles. The van der Waals surface area contributed by atoms with E-state index in [-0.39, 0.29) is 12.1 Å². The van der Waals surface area contributed by atoms with Crippen LogP contribution in [0.15, 0.2) is 0 Å². The molecular weight excluding hydrogens is 262 g/mol. The molecule has 5 nitrogen and oxygen atoms in total. The molecule has 0 radical (unpaired) electrons. The first-order valence-electron chi connectivity index (χ1n) is 7.56. The van der Waals surface area contributed by atoms with Gasteiger partial charge in [-0.1, -0.05) is 26.2 Å². The molecule has 2 unspecified atom stereocenters.